The maximum absolute atomic E-state index is 13.2. The Labute approximate surface area is 280 Å². The van der Waals surface area contributed by atoms with Crippen LogP contribution in [-0.2, 0) is 12.4 Å². The van der Waals surface area contributed by atoms with E-state index in [2.05, 4.69) is 40.5 Å². The van der Waals surface area contributed by atoms with Gasteiger partial charge in [-0.05, 0) is 68.1 Å². The lowest BCUT2D eigenvalue weighted by Gasteiger charge is -2.13. The third-order valence-corrected chi connectivity index (χ3v) is 7.93. The van der Waals surface area contributed by atoms with Crippen molar-refractivity contribution in [1.82, 2.24) is 39.0 Å². The Morgan fingerprint density at radius 3 is 1.58 bits per heavy atom. The second-order valence-corrected chi connectivity index (χ2v) is 12.2. The Morgan fingerprint density at radius 2 is 1.16 bits per heavy atom. The molecule has 0 aliphatic heterocycles. The Bertz CT molecular complexity index is 2160. The van der Waals surface area contributed by atoms with Gasteiger partial charge in [0.2, 0.25) is 11.6 Å². The molecule has 2 aliphatic carbocycles. The van der Waals surface area contributed by atoms with E-state index < -0.39 is 24.0 Å². The van der Waals surface area contributed by atoms with Crippen LogP contribution in [0.1, 0.15) is 37.3 Å². The normalized spacial score (nSPS) is 14.8. The van der Waals surface area contributed by atoms with E-state index >= 15 is 0 Å². The van der Waals surface area contributed by atoms with Gasteiger partial charge >= 0.3 is 12.4 Å². The van der Waals surface area contributed by atoms with Crippen LogP contribution in [0.5, 0.6) is 0 Å². The van der Waals surface area contributed by atoms with Gasteiger partial charge in [0.15, 0.2) is 34.0 Å². The van der Waals surface area contributed by atoms with Gasteiger partial charge in [-0.1, -0.05) is 6.07 Å². The number of alkyl halides is 6. The summed E-state index contributed by atoms with van der Waals surface area (Å²) in [5.74, 6) is -2.12. The zero-order valence-corrected chi connectivity index (χ0v) is 26.6. The van der Waals surface area contributed by atoms with Crippen molar-refractivity contribution in [3.63, 3.8) is 0 Å². The summed E-state index contributed by atoms with van der Waals surface area (Å²) in [4.78, 5) is 25.1. The van der Waals surface area contributed by atoms with Gasteiger partial charge in [0.1, 0.15) is 12.7 Å². The van der Waals surface area contributed by atoms with Gasteiger partial charge in [0.25, 0.3) is 0 Å². The molecule has 2 saturated carbocycles. The molecular weight excluding hydrogens is 666 g/mol. The van der Waals surface area contributed by atoms with Crippen molar-refractivity contribution in [2.24, 2.45) is 0 Å². The smallest absolute Gasteiger partial charge is 0.399 e. The molecule has 8 rings (SSSR count). The zero-order valence-electron chi connectivity index (χ0n) is 26.6. The number of hydrogen-bond acceptors (Lipinski definition) is 10. The van der Waals surface area contributed by atoms with Gasteiger partial charge in [-0.2, -0.15) is 26.3 Å². The number of aromatic nitrogens is 8. The first-order chi connectivity index (χ1) is 23.7. The Hall–Kier alpha value is -5.68. The van der Waals surface area contributed by atoms with Crippen molar-refractivity contribution in [1.29, 1.82) is 0 Å². The van der Waals surface area contributed by atoms with Crippen LogP contribution >= 0.6 is 0 Å². The van der Waals surface area contributed by atoms with E-state index in [1.807, 2.05) is 43.3 Å². The van der Waals surface area contributed by atoms with Crippen LogP contribution in [-0.4, -0.2) is 65.2 Å². The molecule has 50 heavy (non-hydrogen) atoms. The number of nitrogen functional groups attached to an aromatic ring is 1. The van der Waals surface area contributed by atoms with E-state index in [0.29, 0.717) is 28.1 Å². The van der Waals surface area contributed by atoms with Crippen LogP contribution in [0.4, 0.5) is 49.4 Å². The van der Waals surface area contributed by atoms with Crippen LogP contribution in [0.15, 0.2) is 61.2 Å². The van der Waals surface area contributed by atoms with Gasteiger partial charge in [-0.15, -0.1) is 0 Å². The summed E-state index contributed by atoms with van der Waals surface area (Å²) in [5, 5.41) is 6.02. The van der Waals surface area contributed by atoms with E-state index in [-0.39, 0.29) is 35.0 Å². The summed E-state index contributed by atoms with van der Waals surface area (Å²) >= 11 is 0. The summed E-state index contributed by atoms with van der Waals surface area (Å²) in [6.07, 6.45) is -2.73. The molecular formula is C32H30F6N12. The zero-order chi connectivity index (χ0) is 35.4. The number of imidazole rings is 2. The lowest BCUT2D eigenvalue weighted by molar-refractivity contribution is -0.145. The summed E-state index contributed by atoms with van der Waals surface area (Å²) in [6.45, 7) is 0. The highest BCUT2D eigenvalue weighted by Gasteiger charge is 2.38. The van der Waals surface area contributed by atoms with Crippen LogP contribution in [0.2, 0.25) is 0 Å². The van der Waals surface area contributed by atoms with Crippen LogP contribution in [0.25, 0.3) is 33.7 Å². The monoisotopic (exact) mass is 696 g/mol. The number of nitrogens with zero attached hydrogens (tertiary/aromatic N) is 9. The number of halogens is 6. The van der Waals surface area contributed by atoms with Gasteiger partial charge in [0, 0.05) is 43.2 Å². The number of anilines is 4. The third kappa shape index (κ3) is 6.90. The lowest BCUT2D eigenvalue weighted by atomic mass is 10.2. The number of hydrogen-bond donors (Lipinski definition) is 3. The van der Waals surface area contributed by atoms with Crippen molar-refractivity contribution in [3.8, 4) is 11.4 Å². The van der Waals surface area contributed by atoms with Crippen LogP contribution < -0.4 is 21.3 Å². The molecule has 4 aromatic heterocycles. The highest BCUT2D eigenvalue weighted by molar-refractivity contribution is 5.85. The minimum Gasteiger partial charge on any atom is -0.399 e. The van der Waals surface area contributed by atoms with Gasteiger partial charge in [-0.25, -0.2) is 29.9 Å². The summed E-state index contributed by atoms with van der Waals surface area (Å²) in [5.41, 5.74) is 9.36. The minimum absolute atomic E-state index is 0.0890. The molecule has 12 nitrogen and oxygen atoms in total. The Balaban J connectivity index is 0.000000157. The van der Waals surface area contributed by atoms with Crippen molar-refractivity contribution in [2.45, 2.75) is 50.1 Å². The second-order valence-electron chi connectivity index (χ2n) is 12.2. The molecule has 2 aromatic carbocycles. The van der Waals surface area contributed by atoms with Gasteiger partial charge in [-0.3, -0.25) is 9.13 Å². The number of nitrogens with two attached hydrogens (primary N) is 1. The SMILES string of the molecule is CN(C)c1ccc(-n2cnc3c(NC4CC4)nc(C(F)(F)F)nc32)cc1.Nc1cccc(-n2cnc3c(NC4CC4)nc(C(F)(F)F)nc32)c1. The molecule has 0 radical (unpaired) electrons. The maximum Gasteiger partial charge on any atom is 0.451 e. The molecule has 0 saturated heterocycles. The third-order valence-electron chi connectivity index (χ3n) is 7.93. The van der Waals surface area contributed by atoms with Crippen LogP contribution in [0, 0.1) is 0 Å². The number of fused-ring (bicyclic) bond motifs is 2. The number of rotatable bonds is 7. The first-order valence-electron chi connectivity index (χ1n) is 15.6. The fourth-order valence-electron chi connectivity index (χ4n) is 5.06. The van der Waals surface area contributed by atoms with E-state index in [1.54, 1.807) is 28.8 Å². The van der Waals surface area contributed by atoms with Gasteiger partial charge in [0.05, 0.1) is 5.69 Å². The molecule has 2 fully saturated rings. The van der Waals surface area contributed by atoms with Gasteiger partial charge < -0.3 is 21.3 Å². The topological polar surface area (TPSA) is 141 Å². The fourth-order valence-corrected chi connectivity index (χ4v) is 5.06. The Kier molecular flexibility index (Phi) is 8.10. The quantitative estimate of drug-likeness (QED) is 0.126. The van der Waals surface area contributed by atoms with Crippen molar-refractivity contribution < 1.29 is 26.3 Å². The minimum atomic E-state index is -4.64. The molecule has 0 atom stereocenters. The lowest BCUT2D eigenvalue weighted by Crippen LogP contribution is -2.15. The highest BCUT2D eigenvalue weighted by Crippen LogP contribution is 2.35. The summed E-state index contributed by atoms with van der Waals surface area (Å²) < 4.78 is 82.2. The predicted molar refractivity (Wildman–Crippen MR) is 175 cm³/mol. The molecule has 0 amide bonds. The maximum atomic E-state index is 13.2. The van der Waals surface area contributed by atoms with E-state index in [9.17, 15) is 26.3 Å². The summed E-state index contributed by atoms with van der Waals surface area (Å²) in [6, 6.07) is 14.5. The molecule has 6 aromatic rings. The highest BCUT2D eigenvalue weighted by atomic mass is 19.4. The van der Waals surface area contributed by atoms with Crippen molar-refractivity contribution in [3.05, 3.63) is 72.8 Å². The molecule has 2 aliphatic rings. The molecule has 0 spiro atoms. The average molecular weight is 697 g/mol. The second kappa shape index (κ2) is 12.3. The molecule has 0 unspecified atom stereocenters. The first kappa shape index (κ1) is 32.8. The molecule has 4 N–H and O–H groups in total. The fraction of sp³-hybridized carbons (Fsp3) is 0.312. The van der Waals surface area contributed by atoms with Crippen molar-refractivity contribution in [2.75, 3.05) is 35.4 Å². The van der Waals surface area contributed by atoms with Crippen molar-refractivity contribution >= 4 is 45.3 Å². The van der Waals surface area contributed by atoms with E-state index in [4.69, 9.17) is 5.73 Å². The van der Waals surface area contributed by atoms with E-state index in [1.165, 1.54) is 17.2 Å². The predicted octanol–water partition coefficient (Wildman–Crippen LogP) is 6.47. The Morgan fingerprint density at radius 1 is 0.680 bits per heavy atom. The summed E-state index contributed by atoms with van der Waals surface area (Å²) in [7, 11) is 3.83. The van der Waals surface area contributed by atoms with E-state index in [0.717, 1.165) is 31.4 Å². The number of nitrogens with one attached hydrogen (secondary N) is 2. The average Bonchev–Trinajstić information content (AvgIpc) is 3.97. The molecule has 18 heteroatoms. The first-order valence-corrected chi connectivity index (χ1v) is 15.6. The molecule has 260 valence electrons. The largest absolute Gasteiger partial charge is 0.451 e. The standard InChI is InChI=1S/C17H17F3N6.C15H13F3N6/c1-25(2)11-5-7-12(8-6-11)26-9-21-13-14(22-10-3-4-10)23-16(17(18,19)20)24-15(13)26;16-15(17,18)14-22-12(21-9-4-5-9)11-13(23-14)24(7-20-11)10-3-1-2-8(19)6-10/h5-10H,3-4H2,1-2H3,(H,22,23,24);1-3,6-7,9H,4-5,19H2,(H,21,22,23). The molecule has 0 bridgehead atoms. The molecule has 4 heterocycles. The van der Waals surface area contributed by atoms with Crippen LogP contribution in [0.3, 0.4) is 0 Å². The number of benzene rings is 2.